The second-order valence-electron chi connectivity index (χ2n) is 3.86. The molecule has 0 saturated carbocycles. The van der Waals surface area contributed by atoms with Crippen molar-refractivity contribution in [1.82, 2.24) is 0 Å². The molecule has 2 N–H and O–H groups in total. The van der Waals surface area contributed by atoms with Crippen molar-refractivity contribution in [3.8, 4) is 17.2 Å². The summed E-state index contributed by atoms with van der Waals surface area (Å²) in [6.07, 6.45) is 0. The fourth-order valence-corrected chi connectivity index (χ4v) is 3.27. The number of hydrogen-bond donors (Lipinski definition) is 1. The molecule has 0 aliphatic rings. The van der Waals surface area contributed by atoms with E-state index in [4.69, 9.17) is 11.0 Å². The minimum absolute atomic E-state index is 0.404. The number of benzene rings is 2. The van der Waals surface area contributed by atoms with E-state index in [2.05, 4.69) is 44.6 Å². The molecule has 0 spiro atoms. The lowest BCUT2D eigenvalue weighted by molar-refractivity contribution is 0.100. The summed E-state index contributed by atoms with van der Waals surface area (Å²) in [4.78, 5) is 11.5. The molecule has 5 heteroatoms. The predicted molar refractivity (Wildman–Crippen MR) is 85.5 cm³/mol. The van der Waals surface area contributed by atoms with Gasteiger partial charge in [0.05, 0.1) is 11.6 Å². The van der Waals surface area contributed by atoms with Crippen LogP contribution >= 0.6 is 38.5 Å². The minimum atomic E-state index is -0.509. The van der Waals surface area contributed by atoms with Crippen LogP contribution in [0, 0.1) is 14.9 Å². The summed E-state index contributed by atoms with van der Waals surface area (Å²) in [5, 5.41) is 8.97. The highest BCUT2D eigenvalue weighted by Gasteiger charge is 2.13. The van der Waals surface area contributed by atoms with Gasteiger partial charge in [-0.2, -0.15) is 5.26 Å². The predicted octanol–water partition coefficient (Wildman–Crippen LogP) is 3.69. The fraction of sp³-hybridized carbons (Fsp3) is 0. The summed E-state index contributed by atoms with van der Waals surface area (Å²) in [7, 11) is 0. The first-order valence-electron chi connectivity index (χ1n) is 5.32. The Hall–Kier alpha value is -1.39. The van der Waals surface area contributed by atoms with Crippen LogP contribution in [-0.2, 0) is 0 Å². The van der Waals surface area contributed by atoms with Crippen molar-refractivity contribution >= 4 is 44.4 Å². The van der Waals surface area contributed by atoms with Gasteiger partial charge in [-0.05, 0) is 64.0 Å². The number of halogens is 2. The molecule has 1 amide bonds. The van der Waals surface area contributed by atoms with Crippen molar-refractivity contribution < 1.29 is 4.79 Å². The van der Waals surface area contributed by atoms with E-state index in [1.54, 1.807) is 18.2 Å². The van der Waals surface area contributed by atoms with Gasteiger partial charge in [0.1, 0.15) is 0 Å². The Morgan fingerprint density at radius 2 is 1.95 bits per heavy atom. The standard InChI is InChI=1S/C14H8BrIN2O/c15-13-6-9(16)2-4-10(13)12-5-8(7-17)1-3-11(12)14(18)19/h1-6H,(H2,18,19). The largest absolute Gasteiger partial charge is 0.366 e. The quantitative estimate of drug-likeness (QED) is 0.744. The Morgan fingerprint density at radius 3 is 2.53 bits per heavy atom. The SMILES string of the molecule is N#Cc1ccc(C(N)=O)c(-c2ccc(I)cc2Br)c1. The van der Waals surface area contributed by atoms with Crippen LogP contribution in [0.2, 0.25) is 0 Å². The van der Waals surface area contributed by atoms with Gasteiger partial charge >= 0.3 is 0 Å². The zero-order chi connectivity index (χ0) is 14.0. The smallest absolute Gasteiger partial charge is 0.249 e. The van der Waals surface area contributed by atoms with Gasteiger partial charge in [-0.1, -0.05) is 22.0 Å². The highest BCUT2D eigenvalue weighted by Crippen LogP contribution is 2.32. The molecule has 94 valence electrons. The lowest BCUT2D eigenvalue weighted by Crippen LogP contribution is -2.12. The van der Waals surface area contributed by atoms with Crippen LogP contribution in [0.3, 0.4) is 0 Å². The van der Waals surface area contributed by atoms with Crippen LogP contribution in [0.1, 0.15) is 15.9 Å². The number of nitrogens with two attached hydrogens (primary N) is 1. The number of rotatable bonds is 2. The van der Waals surface area contributed by atoms with Gasteiger partial charge in [0.25, 0.3) is 0 Å². The third kappa shape index (κ3) is 2.96. The van der Waals surface area contributed by atoms with E-state index in [0.717, 1.165) is 13.6 Å². The van der Waals surface area contributed by atoms with Crippen molar-refractivity contribution in [3.05, 3.63) is 55.6 Å². The maximum atomic E-state index is 11.5. The second-order valence-corrected chi connectivity index (χ2v) is 5.96. The van der Waals surface area contributed by atoms with Gasteiger partial charge in [0.15, 0.2) is 0 Å². The Kier molecular flexibility index (Phi) is 4.22. The molecule has 0 unspecified atom stereocenters. The Labute approximate surface area is 132 Å². The van der Waals surface area contributed by atoms with E-state index in [1.807, 2.05) is 18.2 Å². The fourth-order valence-electron chi connectivity index (χ4n) is 1.76. The molecular formula is C14H8BrIN2O. The summed E-state index contributed by atoms with van der Waals surface area (Å²) >= 11 is 5.68. The van der Waals surface area contributed by atoms with Crippen molar-refractivity contribution in [2.75, 3.05) is 0 Å². The van der Waals surface area contributed by atoms with E-state index in [9.17, 15) is 4.79 Å². The van der Waals surface area contributed by atoms with Crippen molar-refractivity contribution in [1.29, 1.82) is 5.26 Å². The van der Waals surface area contributed by atoms with Crippen LogP contribution in [0.25, 0.3) is 11.1 Å². The number of amides is 1. The number of nitrogens with zero attached hydrogens (tertiary/aromatic N) is 1. The molecule has 0 atom stereocenters. The molecule has 2 aromatic carbocycles. The van der Waals surface area contributed by atoms with E-state index < -0.39 is 5.91 Å². The first-order valence-corrected chi connectivity index (χ1v) is 7.19. The molecule has 0 aliphatic carbocycles. The molecule has 0 bridgehead atoms. The maximum Gasteiger partial charge on any atom is 0.249 e. The van der Waals surface area contributed by atoms with Crippen molar-refractivity contribution in [2.24, 2.45) is 5.73 Å². The Morgan fingerprint density at radius 1 is 1.21 bits per heavy atom. The van der Waals surface area contributed by atoms with Crippen LogP contribution < -0.4 is 5.73 Å². The molecule has 0 radical (unpaired) electrons. The summed E-state index contributed by atoms with van der Waals surface area (Å²) < 4.78 is 1.93. The van der Waals surface area contributed by atoms with Gasteiger partial charge in [-0.3, -0.25) is 4.79 Å². The molecular weight excluding hydrogens is 419 g/mol. The first kappa shape index (κ1) is 14.0. The van der Waals surface area contributed by atoms with Crippen LogP contribution in [0.5, 0.6) is 0 Å². The van der Waals surface area contributed by atoms with E-state index in [-0.39, 0.29) is 0 Å². The van der Waals surface area contributed by atoms with Gasteiger partial charge < -0.3 is 5.73 Å². The van der Waals surface area contributed by atoms with Crippen LogP contribution in [0.4, 0.5) is 0 Å². The number of carbonyl (C=O) groups is 1. The van der Waals surface area contributed by atoms with Crippen molar-refractivity contribution in [3.63, 3.8) is 0 Å². The monoisotopic (exact) mass is 426 g/mol. The molecule has 0 heterocycles. The van der Waals surface area contributed by atoms with Crippen molar-refractivity contribution in [2.45, 2.75) is 0 Å². The number of primary amides is 1. The summed E-state index contributed by atoms with van der Waals surface area (Å²) in [5.41, 5.74) is 7.78. The Balaban J connectivity index is 2.72. The number of hydrogen-bond acceptors (Lipinski definition) is 2. The molecule has 19 heavy (non-hydrogen) atoms. The minimum Gasteiger partial charge on any atom is -0.366 e. The summed E-state index contributed by atoms with van der Waals surface area (Å²) in [6.45, 7) is 0. The third-order valence-corrected chi connectivity index (χ3v) is 3.96. The topological polar surface area (TPSA) is 66.9 Å². The highest BCUT2D eigenvalue weighted by atomic mass is 127. The lowest BCUT2D eigenvalue weighted by atomic mass is 9.97. The number of carbonyl (C=O) groups excluding carboxylic acids is 1. The molecule has 0 fully saturated rings. The van der Waals surface area contributed by atoms with Gasteiger partial charge in [0.2, 0.25) is 5.91 Å². The highest BCUT2D eigenvalue weighted by molar-refractivity contribution is 14.1. The maximum absolute atomic E-state index is 11.5. The molecule has 0 aliphatic heterocycles. The van der Waals surface area contributed by atoms with Gasteiger partial charge in [-0.15, -0.1) is 0 Å². The average molecular weight is 427 g/mol. The van der Waals surface area contributed by atoms with E-state index >= 15 is 0 Å². The second kappa shape index (κ2) is 5.72. The first-order chi connectivity index (χ1) is 9.02. The summed E-state index contributed by atoms with van der Waals surface area (Å²) in [5.74, 6) is -0.509. The van der Waals surface area contributed by atoms with Crippen LogP contribution in [0.15, 0.2) is 40.9 Å². The Bertz CT molecular complexity index is 707. The molecule has 2 rings (SSSR count). The molecule has 3 nitrogen and oxygen atoms in total. The molecule has 0 saturated heterocycles. The number of nitriles is 1. The third-order valence-electron chi connectivity index (χ3n) is 2.64. The summed E-state index contributed by atoms with van der Waals surface area (Å²) in [6, 6.07) is 12.7. The zero-order valence-electron chi connectivity index (χ0n) is 9.65. The van der Waals surface area contributed by atoms with Gasteiger partial charge in [0, 0.05) is 13.6 Å². The average Bonchev–Trinajstić information content (AvgIpc) is 2.38. The zero-order valence-corrected chi connectivity index (χ0v) is 13.4. The molecule has 2 aromatic rings. The van der Waals surface area contributed by atoms with E-state index in [0.29, 0.717) is 16.7 Å². The lowest BCUT2D eigenvalue weighted by Gasteiger charge is -2.10. The van der Waals surface area contributed by atoms with Crippen LogP contribution in [-0.4, -0.2) is 5.91 Å². The van der Waals surface area contributed by atoms with E-state index in [1.165, 1.54) is 0 Å². The van der Waals surface area contributed by atoms with Gasteiger partial charge in [-0.25, -0.2) is 0 Å². The normalized spacial score (nSPS) is 9.95. The molecule has 0 aromatic heterocycles.